The van der Waals surface area contributed by atoms with Crippen molar-refractivity contribution < 1.29 is 17.6 Å². The van der Waals surface area contributed by atoms with Crippen LogP contribution in [0.3, 0.4) is 0 Å². The number of aryl methyl sites for hydroxylation is 2. The molecule has 0 amide bonds. The van der Waals surface area contributed by atoms with E-state index in [-0.39, 0.29) is 6.04 Å². The van der Waals surface area contributed by atoms with Gasteiger partial charge in [-0.15, -0.1) is 0 Å². The van der Waals surface area contributed by atoms with Crippen molar-refractivity contribution in [3.05, 3.63) is 59.0 Å². The molecule has 1 aromatic carbocycles. The van der Waals surface area contributed by atoms with Gasteiger partial charge < -0.3 is 10.2 Å². The summed E-state index contributed by atoms with van der Waals surface area (Å²) in [5.41, 5.74) is 6.71. The zero-order valence-electron chi connectivity index (χ0n) is 11.1. The molecule has 0 bridgehead atoms. The summed E-state index contributed by atoms with van der Waals surface area (Å²) in [6.45, 7) is 1.65. The molecule has 2 aromatic rings. The van der Waals surface area contributed by atoms with Gasteiger partial charge in [0.1, 0.15) is 5.76 Å². The van der Waals surface area contributed by atoms with Crippen molar-refractivity contribution >= 4 is 0 Å². The van der Waals surface area contributed by atoms with Crippen molar-refractivity contribution in [3.63, 3.8) is 0 Å². The van der Waals surface area contributed by atoms with Gasteiger partial charge in [0.05, 0.1) is 11.8 Å². The topological polar surface area (TPSA) is 39.2 Å². The fraction of sp³-hybridized carbons (Fsp3) is 0.333. The molecule has 108 valence electrons. The quantitative estimate of drug-likeness (QED) is 0.911. The molecule has 0 aliphatic carbocycles. The van der Waals surface area contributed by atoms with E-state index in [9.17, 15) is 13.2 Å². The lowest BCUT2D eigenvalue weighted by Gasteiger charge is -2.16. The highest BCUT2D eigenvalue weighted by Gasteiger charge is 2.30. The molecule has 0 aliphatic rings. The van der Waals surface area contributed by atoms with Gasteiger partial charge in [-0.3, -0.25) is 0 Å². The van der Waals surface area contributed by atoms with Crippen LogP contribution in [0.1, 0.15) is 34.9 Å². The molecule has 0 spiro atoms. The fourth-order valence-corrected chi connectivity index (χ4v) is 2.18. The van der Waals surface area contributed by atoms with Crippen LogP contribution >= 0.6 is 0 Å². The van der Waals surface area contributed by atoms with Crippen molar-refractivity contribution in [3.8, 4) is 0 Å². The summed E-state index contributed by atoms with van der Waals surface area (Å²) < 4.78 is 43.0. The van der Waals surface area contributed by atoms with E-state index < -0.39 is 11.7 Å². The third-order valence-electron chi connectivity index (χ3n) is 3.28. The zero-order valence-corrected chi connectivity index (χ0v) is 11.1. The Kier molecular flexibility index (Phi) is 4.18. The second-order valence-corrected chi connectivity index (χ2v) is 4.79. The van der Waals surface area contributed by atoms with Crippen molar-refractivity contribution in [2.45, 2.75) is 32.0 Å². The van der Waals surface area contributed by atoms with Crippen LogP contribution in [0.2, 0.25) is 0 Å². The number of alkyl halides is 3. The summed E-state index contributed by atoms with van der Waals surface area (Å²) in [7, 11) is 0. The Morgan fingerprint density at radius 3 is 2.55 bits per heavy atom. The van der Waals surface area contributed by atoms with Crippen LogP contribution in [0.5, 0.6) is 0 Å². The molecule has 2 rings (SSSR count). The van der Waals surface area contributed by atoms with Crippen LogP contribution in [0.4, 0.5) is 13.2 Å². The third kappa shape index (κ3) is 3.42. The minimum absolute atomic E-state index is 0.303. The van der Waals surface area contributed by atoms with Crippen LogP contribution in [0.15, 0.2) is 41.0 Å². The summed E-state index contributed by atoms with van der Waals surface area (Å²) >= 11 is 0. The lowest BCUT2D eigenvalue weighted by Crippen LogP contribution is -2.14. The van der Waals surface area contributed by atoms with Crippen molar-refractivity contribution in [1.82, 2.24) is 0 Å². The number of rotatable bonds is 4. The van der Waals surface area contributed by atoms with Crippen molar-refractivity contribution in [2.24, 2.45) is 5.73 Å². The average Bonchev–Trinajstić information content (AvgIpc) is 2.87. The molecule has 0 fully saturated rings. The zero-order chi connectivity index (χ0) is 14.8. The number of furan rings is 1. The summed E-state index contributed by atoms with van der Waals surface area (Å²) in [6, 6.07) is 7.03. The molecule has 2 N–H and O–H groups in total. The van der Waals surface area contributed by atoms with Gasteiger partial charge in [-0.25, -0.2) is 0 Å². The van der Waals surface area contributed by atoms with E-state index in [1.165, 1.54) is 6.07 Å². The Hall–Kier alpha value is -1.75. The molecule has 2 nitrogen and oxygen atoms in total. The lowest BCUT2D eigenvalue weighted by molar-refractivity contribution is -0.137. The maximum Gasteiger partial charge on any atom is 0.416 e. The molecule has 1 aromatic heterocycles. The minimum atomic E-state index is -4.32. The van der Waals surface area contributed by atoms with Gasteiger partial charge >= 0.3 is 6.18 Å². The molecule has 0 aliphatic heterocycles. The highest BCUT2D eigenvalue weighted by molar-refractivity contribution is 5.34. The minimum Gasteiger partial charge on any atom is -0.469 e. The predicted octanol–water partition coefficient (Wildman–Crippen LogP) is 4.24. The molecule has 0 saturated carbocycles. The monoisotopic (exact) mass is 283 g/mol. The van der Waals surface area contributed by atoms with Crippen LogP contribution < -0.4 is 5.73 Å². The van der Waals surface area contributed by atoms with E-state index >= 15 is 0 Å². The Balaban J connectivity index is 2.08. The molecular formula is C15H16F3NO. The number of hydrogen-bond donors (Lipinski definition) is 1. The van der Waals surface area contributed by atoms with Gasteiger partial charge in [-0.05, 0) is 48.7 Å². The highest BCUT2D eigenvalue weighted by Crippen LogP contribution is 2.32. The van der Waals surface area contributed by atoms with Crippen LogP contribution in [0, 0.1) is 6.92 Å². The molecule has 0 saturated heterocycles. The molecule has 0 radical (unpaired) electrons. The lowest BCUT2D eigenvalue weighted by atomic mass is 9.96. The normalized spacial score (nSPS) is 13.4. The Morgan fingerprint density at radius 2 is 2.00 bits per heavy atom. The molecule has 20 heavy (non-hydrogen) atoms. The van der Waals surface area contributed by atoms with E-state index in [1.807, 2.05) is 6.07 Å². The smallest absolute Gasteiger partial charge is 0.416 e. The van der Waals surface area contributed by atoms with E-state index in [0.29, 0.717) is 18.4 Å². The standard InChI is InChI=1S/C15H16F3NO/c1-10-9-11(15(16,17)18)4-6-13(10)14(19)7-5-12-3-2-8-20-12/h2-4,6,8-9,14H,5,7,19H2,1H3. The largest absolute Gasteiger partial charge is 0.469 e. The third-order valence-corrected chi connectivity index (χ3v) is 3.28. The van der Waals surface area contributed by atoms with Gasteiger partial charge in [-0.1, -0.05) is 6.07 Å². The van der Waals surface area contributed by atoms with Gasteiger partial charge in [0.15, 0.2) is 0 Å². The molecule has 1 atom stereocenters. The Labute approximate surface area is 115 Å². The van der Waals surface area contributed by atoms with Crippen LogP contribution in [-0.2, 0) is 12.6 Å². The first kappa shape index (κ1) is 14.7. The summed E-state index contributed by atoms with van der Waals surface area (Å²) in [5, 5.41) is 0. The van der Waals surface area contributed by atoms with Crippen LogP contribution in [-0.4, -0.2) is 0 Å². The SMILES string of the molecule is Cc1cc(C(F)(F)F)ccc1C(N)CCc1ccco1. The highest BCUT2D eigenvalue weighted by atomic mass is 19.4. The van der Waals surface area contributed by atoms with E-state index in [0.717, 1.165) is 23.5 Å². The number of halogens is 3. The van der Waals surface area contributed by atoms with Crippen molar-refractivity contribution in [1.29, 1.82) is 0 Å². The fourth-order valence-electron chi connectivity index (χ4n) is 2.18. The second-order valence-electron chi connectivity index (χ2n) is 4.79. The Bertz CT molecular complexity index is 561. The maximum atomic E-state index is 12.6. The number of benzene rings is 1. The molecule has 1 heterocycles. The number of hydrogen-bond acceptors (Lipinski definition) is 2. The molecule has 5 heteroatoms. The maximum absolute atomic E-state index is 12.6. The number of nitrogens with two attached hydrogens (primary N) is 1. The first-order valence-corrected chi connectivity index (χ1v) is 6.33. The average molecular weight is 283 g/mol. The molecular weight excluding hydrogens is 267 g/mol. The van der Waals surface area contributed by atoms with Gasteiger partial charge in [0.2, 0.25) is 0 Å². The summed E-state index contributed by atoms with van der Waals surface area (Å²) in [5.74, 6) is 0.824. The second kappa shape index (κ2) is 5.71. The van der Waals surface area contributed by atoms with E-state index in [1.54, 1.807) is 19.3 Å². The first-order chi connectivity index (χ1) is 9.38. The van der Waals surface area contributed by atoms with Gasteiger partial charge in [0, 0.05) is 12.5 Å². The van der Waals surface area contributed by atoms with Gasteiger partial charge in [-0.2, -0.15) is 13.2 Å². The van der Waals surface area contributed by atoms with Gasteiger partial charge in [0.25, 0.3) is 0 Å². The summed E-state index contributed by atoms with van der Waals surface area (Å²) in [6.07, 6.45) is -1.44. The van der Waals surface area contributed by atoms with Crippen molar-refractivity contribution in [2.75, 3.05) is 0 Å². The van der Waals surface area contributed by atoms with E-state index in [4.69, 9.17) is 10.2 Å². The summed E-state index contributed by atoms with van der Waals surface area (Å²) in [4.78, 5) is 0. The predicted molar refractivity (Wildman–Crippen MR) is 70.1 cm³/mol. The van der Waals surface area contributed by atoms with E-state index in [2.05, 4.69) is 0 Å². The Morgan fingerprint density at radius 1 is 1.25 bits per heavy atom. The molecule has 1 unspecified atom stereocenters. The first-order valence-electron chi connectivity index (χ1n) is 6.33. The van der Waals surface area contributed by atoms with Crippen LogP contribution in [0.25, 0.3) is 0 Å².